The molecule has 0 amide bonds. The molecule has 1 N–H and O–H groups in total. The third kappa shape index (κ3) is 2.63. The smallest absolute Gasteiger partial charge is 0.0953 e. The number of rotatable bonds is 4. The lowest BCUT2D eigenvalue weighted by Gasteiger charge is -2.00. The normalized spacial score (nSPS) is 10.5. The van der Waals surface area contributed by atoms with Crippen LogP contribution in [0.5, 0.6) is 0 Å². The summed E-state index contributed by atoms with van der Waals surface area (Å²) in [5, 5.41) is 3.07. The van der Waals surface area contributed by atoms with Crippen molar-refractivity contribution in [3.05, 3.63) is 48.3 Å². The predicted molar refractivity (Wildman–Crippen MR) is 58.3 cm³/mol. The third-order valence-electron chi connectivity index (χ3n) is 2.13. The molecular weight excluding hydrogens is 188 g/mol. The van der Waals surface area contributed by atoms with Crippen LogP contribution in [0.15, 0.2) is 37.1 Å². The van der Waals surface area contributed by atoms with E-state index in [4.69, 9.17) is 0 Å². The van der Waals surface area contributed by atoms with E-state index in [0.717, 1.165) is 18.8 Å². The first-order valence-corrected chi connectivity index (χ1v) is 4.92. The van der Waals surface area contributed by atoms with Gasteiger partial charge in [0.25, 0.3) is 0 Å². The van der Waals surface area contributed by atoms with Crippen molar-refractivity contribution in [3.8, 4) is 0 Å². The van der Waals surface area contributed by atoms with Crippen molar-refractivity contribution >= 4 is 0 Å². The number of pyridine rings is 1. The van der Waals surface area contributed by atoms with Gasteiger partial charge < -0.3 is 9.88 Å². The van der Waals surface area contributed by atoms with Crippen molar-refractivity contribution < 1.29 is 0 Å². The SMILES string of the molecule is CNCc1cn(Cc2cccnc2)cn1. The van der Waals surface area contributed by atoms with Crippen LogP contribution in [0.2, 0.25) is 0 Å². The van der Waals surface area contributed by atoms with Crippen LogP contribution < -0.4 is 5.32 Å². The number of hydrogen-bond donors (Lipinski definition) is 1. The molecule has 0 bridgehead atoms. The molecule has 0 radical (unpaired) electrons. The molecular formula is C11H14N4. The molecule has 4 heteroatoms. The lowest BCUT2D eigenvalue weighted by Crippen LogP contribution is -2.05. The van der Waals surface area contributed by atoms with Crippen LogP contribution in [0.1, 0.15) is 11.3 Å². The Labute approximate surface area is 89.0 Å². The molecule has 0 aliphatic carbocycles. The third-order valence-corrected chi connectivity index (χ3v) is 2.13. The maximum atomic E-state index is 4.28. The minimum absolute atomic E-state index is 0.806. The Morgan fingerprint density at radius 1 is 1.47 bits per heavy atom. The van der Waals surface area contributed by atoms with E-state index in [-0.39, 0.29) is 0 Å². The molecule has 0 unspecified atom stereocenters. The fourth-order valence-electron chi connectivity index (χ4n) is 1.47. The first-order chi connectivity index (χ1) is 7.38. The van der Waals surface area contributed by atoms with Crippen molar-refractivity contribution in [2.24, 2.45) is 0 Å². The molecule has 0 saturated heterocycles. The van der Waals surface area contributed by atoms with Gasteiger partial charge in [-0.3, -0.25) is 4.98 Å². The summed E-state index contributed by atoms with van der Waals surface area (Å²) in [5.41, 5.74) is 2.24. The van der Waals surface area contributed by atoms with Gasteiger partial charge >= 0.3 is 0 Å². The van der Waals surface area contributed by atoms with Crippen molar-refractivity contribution in [3.63, 3.8) is 0 Å². The average Bonchev–Trinajstić information content (AvgIpc) is 2.68. The number of nitrogens with one attached hydrogen (secondary N) is 1. The van der Waals surface area contributed by atoms with Gasteiger partial charge in [0.2, 0.25) is 0 Å². The van der Waals surface area contributed by atoms with Gasteiger partial charge in [-0.25, -0.2) is 4.98 Å². The molecule has 0 atom stereocenters. The summed E-state index contributed by atoms with van der Waals surface area (Å²) >= 11 is 0. The van der Waals surface area contributed by atoms with Crippen molar-refractivity contribution in [1.82, 2.24) is 19.9 Å². The molecule has 0 fully saturated rings. The summed E-state index contributed by atoms with van der Waals surface area (Å²) in [4.78, 5) is 8.36. The fraction of sp³-hybridized carbons (Fsp3) is 0.273. The first-order valence-electron chi connectivity index (χ1n) is 4.92. The second-order valence-electron chi connectivity index (χ2n) is 3.43. The molecule has 2 aromatic heterocycles. The van der Waals surface area contributed by atoms with Crippen LogP contribution >= 0.6 is 0 Å². The Hall–Kier alpha value is -1.68. The highest BCUT2D eigenvalue weighted by molar-refractivity contribution is 5.10. The van der Waals surface area contributed by atoms with Crippen LogP contribution in [0.3, 0.4) is 0 Å². The van der Waals surface area contributed by atoms with Crippen molar-refractivity contribution in [2.45, 2.75) is 13.1 Å². The maximum absolute atomic E-state index is 4.28. The zero-order valence-corrected chi connectivity index (χ0v) is 8.72. The number of imidazole rings is 1. The Balaban J connectivity index is 2.05. The lowest BCUT2D eigenvalue weighted by atomic mass is 10.3. The highest BCUT2D eigenvalue weighted by Crippen LogP contribution is 2.02. The van der Waals surface area contributed by atoms with Crippen LogP contribution in [-0.4, -0.2) is 21.6 Å². The summed E-state index contributed by atoms with van der Waals surface area (Å²) in [7, 11) is 1.92. The monoisotopic (exact) mass is 202 g/mol. The van der Waals surface area contributed by atoms with E-state index in [1.807, 2.05) is 31.8 Å². The standard InChI is InChI=1S/C11H14N4/c1-12-6-11-8-15(9-14-11)7-10-3-2-4-13-5-10/h2-5,8-9,12H,6-7H2,1H3. The van der Waals surface area contributed by atoms with Gasteiger partial charge in [-0.2, -0.15) is 0 Å². The van der Waals surface area contributed by atoms with Gasteiger partial charge in [0.1, 0.15) is 0 Å². The summed E-state index contributed by atoms with van der Waals surface area (Å²) in [6.45, 7) is 1.63. The van der Waals surface area contributed by atoms with Crippen LogP contribution in [0, 0.1) is 0 Å². The summed E-state index contributed by atoms with van der Waals surface area (Å²) in [6, 6.07) is 4.01. The Bertz CT molecular complexity index is 408. The van der Waals surface area contributed by atoms with Crippen molar-refractivity contribution in [1.29, 1.82) is 0 Å². The quantitative estimate of drug-likeness (QED) is 0.805. The Morgan fingerprint density at radius 3 is 3.13 bits per heavy atom. The van der Waals surface area contributed by atoms with Crippen LogP contribution in [0.4, 0.5) is 0 Å². The van der Waals surface area contributed by atoms with E-state index in [9.17, 15) is 0 Å². The minimum atomic E-state index is 0.806. The van der Waals surface area contributed by atoms with Crippen LogP contribution in [0.25, 0.3) is 0 Å². The molecule has 0 aliphatic rings. The average molecular weight is 202 g/mol. The van der Waals surface area contributed by atoms with Gasteiger partial charge in [0.05, 0.1) is 18.6 Å². The molecule has 4 nitrogen and oxygen atoms in total. The Morgan fingerprint density at radius 2 is 2.40 bits per heavy atom. The first kappa shape index (κ1) is 9.86. The number of hydrogen-bond acceptors (Lipinski definition) is 3. The lowest BCUT2D eigenvalue weighted by molar-refractivity contribution is 0.780. The fourth-order valence-corrected chi connectivity index (χ4v) is 1.47. The van der Waals surface area contributed by atoms with E-state index in [1.54, 1.807) is 6.20 Å². The van der Waals surface area contributed by atoms with Crippen molar-refractivity contribution in [2.75, 3.05) is 7.05 Å². The van der Waals surface area contributed by atoms with E-state index in [2.05, 4.69) is 25.9 Å². The predicted octanol–water partition coefficient (Wildman–Crippen LogP) is 1.05. The molecule has 0 saturated carbocycles. The zero-order chi connectivity index (χ0) is 10.5. The second-order valence-corrected chi connectivity index (χ2v) is 3.43. The van der Waals surface area contributed by atoms with E-state index < -0.39 is 0 Å². The molecule has 2 aromatic rings. The van der Waals surface area contributed by atoms with Gasteiger partial charge in [0.15, 0.2) is 0 Å². The van der Waals surface area contributed by atoms with Gasteiger partial charge in [-0.15, -0.1) is 0 Å². The molecule has 2 rings (SSSR count). The highest BCUT2D eigenvalue weighted by atomic mass is 15.0. The van der Waals surface area contributed by atoms with Gasteiger partial charge in [-0.05, 0) is 18.7 Å². The van der Waals surface area contributed by atoms with Gasteiger partial charge in [0, 0.05) is 25.1 Å². The number of aromatic nitrogens is 3. The topological polar surface area (TPSA) is 42.7 Å². The molecule has 78 valence electrons. The highest BCUT2D eigenvalue weighted by Gasteiger charge is 1.98. The molecule has 2 heterocycles. The molecule has 0 aromatic carbocycles. The van der Waals surface area contributed by atoms with E-state index in [0.29, 0.717) is 0 Å². The summed E-state index contributed by atoms with van der Waals surface area (Å²) in [6.07, 6.45) is 7.55. The minimum Gasteiger partial charge on any atom is -0.333 e. The van der Waals surface area contributed by atoms with E-state index in [1.165, 1.54) is 5.56 Å². The molecule has 15 heavy (non-hydrogen) atoms. The summed E-state index contributed by atoms with van der Waals surface area (Å²) in [5.74, 6) is 0. The molecule has 0 spiro atoms. The van der Waals surface area contributed by atoms with E-state index >= 15 is 0 Å². The molecule has 0 aliphatic heterocycles. The maximum Gasteiger partial charge on any atom is 0.0953 e. The largest absolute Gasteiger partial charge is 0.333 e. The van der Waals surface area contributed by atoms with Crippen LogP contribution in [-0.2, 0) is 13.1 Å². The Kier molecular flexibility index (Phi) is 3.09. The number of nitrogens with zero attached hydrogens (tertiary/aromatic N) is 3. The van der Waals surface area contributed by atoms with Gasteiger partial charge in [-0.1, -0.05) is 6.07 Å². The second kappa shape index (κ2) is 4.70. The zero-order valence-electron chi connectivity index (χ0n) is 8.72. The summed E-state index contributed by atoms with van der Waals surface area (Å²) < 4.78 is 2.06.